The van der Waals surface area contributed by atoms with Gasteiger partial charge in [0.2, 0.25) is 0 Å². The molecule has 3 nitrogen and oxygen atoms in total. The van der Waals surface area contributed by atoms with Crippen LogP contribution in [0.4, 0.5) is 0 Å². The van der Waals surface area contributed by atoms with Crippen molar-refractivity contribution in [2.45, 2.75) is 6.92 Å². The summed E-state index contributed by atoms with van der Waals surface area (Å²) >= 11 is 7.79. The molecule has 0 saturated heterocycles. The van der Waals surface area contributed by atoms with Crippen molar-refractivity contribution < 1.29 is 0 Å². The van der Waals surface area contributed by atoms with Crippen molar-refractivity contribution in [3.8, 4) is 16.4 Å². The van der Waals surface area contributed by atoms with Crippen molar-refractivity contribution in [2.75, 3.05) is 0 Å². The van der Waals surface area contributed by atoms with Gasteiger partial charge in [-0.2, -0.15) is 5.10 Å². The smallest absolute Gasteiger partial charge is 0.173 e. The highest BCUT2D eigenvalue weighted by Gasteiger charge is 2.10. The molecular formula is C13H10ClN3S. The van der Waals surface area contributed by atoms with Crippen molar-refractivity contribution in [1.82, 2.24) is 14.8 Å². The van der Waals surface area contributed by atoms with E-state index in [-0.39, 0.29) is 0 Å². The first-order chi connectivity index (χ1) is 8.75. The van der Waals surface area contributed by atoms with E-state index in [0.29, 0.717) is 0 Å². The molecule has 3 aromatic rings. The van der Waals surface area contributed by atoms with Gasteiger partial charge < -0.3 is 0 Å². The maximum Gasteiger partial charge on any atom is 0.173 e. The summed E-state index contributed by atoms with van der Waals surface area (Å²) in [5, 5.41) is 7.03. The summed E-state index contributed by atoms with van der Waals surface area (Å²) < 4.78 is 1.80. The van der Waals surface area contributed by atoms with Crippen LogP contribution in [0.15, 0.2) is 42.0 Å². The van der Waals surface area contributed by atoms with Crippen LogP contribution >= 0.6 is 22.9 Å². The quantitative estimate of drug-likeness (QED) is 0.709. The van der Waals surface area contributed by atoms with Gasteiger partial charge in [-0.25, -0.2) is 9.67 Å². The van der Waals surface area contributed by atoms with Crippen LogP contribution in [-0.4, -0.2) is 14.8 Å². The molecule has 2 heterocycles. The molecule has 0 spiro atoms. The zero-order chi connectivity index (χ0) is 12.5. The summed E-state index contributed by atoms with van der Waals surface area (Å²) in [6.07, 6.45) is 1.56. The standard InChI is InChI=1S/C13H10ClN3S/c1-9-4-5-10(7-11(9)14)17-13(15-8-16-17)12-3-2-6-18-12/h2-8H,1H3. The van der Waals surface area contributed by atoms with Crippen LogP contribution in [-0.2, 0) is 0 Å². The van der Waals surface area contributed by atoms with Crippen LogP contribution < -0.4 is 0 Å². The average molecular weight is 276 g/mol. The second-order valence-electron chi connectivity index (χ2n) is 3.91. The maximum absolute atomic E-state index is 6.15. The van der Waals surface area contributed by atoms with Crippen LogP contribution in [0.2, 0.25) is 5.02 Å². The predicted octanol–water partition coefficient (Wildman–Crippen LogP) is 3.96. The van der Waals surface area contributed by atoms with E-state index in [1.165, 1.54) is 0 Å². The van der Waals surface area contributed by atoms with Crippen LogP contribution in [0.3, 0.4) is 0 Å². The number of thiophene rings is 1. The maximum atomic E-state index is 6.15. The normalized spacial score (nSPS) is 10.8. The molecule has 0 N–H and O–H groups in total. The molecule has 5 heteroatoms. The lowest BCUT2D eigenvalue weighted by molar-refractivity contribution is 0.888. The van der Waals surface area contributed by atoms with Crippen molar-refractivity contribution in [1.29, 1.82) is 0 Å². The van der Waals surface area contributed by atoms with Gasteiger partial charge >= 0.3 is 0 Å². The van der Waals surface area contributed by atoms with Gasteiger partial charge in [0, 0.05) is 5.02 Å². The number of benzene rings is 1. The molecule has 0 aliphatic rings. The number of hydrogen-bond acceptors (Lipinski definition) is 3. The zero-order valence-electron chi connectivity index (χ0n) is 9.67. The third-order valence-corrected chi connectivity index (χ3v) is 3.96. The van der Waals surface area contributed by atoms with Crippen molar-refractivity contribution in [3.63, 3.8) is 0 Å². The minimum atomic E-state index is 0.736. The van der Waals surface area contributed by atoms with Crippen molar-refractivity contribution in [3.05, 3.63) is 52.6 Å². The number of nitrogens with zero attached hydrogens (tertiary/aromatic N) is 3. The summed E-state index contributed by atoms with van der Waals surface area (Å²) in [5.41, 5.74) is 1.98. The van der Waals surface area contributed by atoms with Crippen molar-refractivity contribution >= 4 is 22.9 Å². The second-order valence-corrected chi connectivity index (χ2v) is 5.26. The monoisotopic (exact) mass is 275 g/mol. The van der Waals surface area contributed by atoms with Gasteiger partial charge in [-0.1, -0.05) is 23.7 Å². The fraction of sp³-hybridized carbons (Fsp3) is 0.0769. The van der Waals surface area contributed by atoms with Crippen LogP contribution in [0.5, 0.6) is 0 Å². The van der Waals surface area contributed by atoms with Gasteiger partial charge in [0.1, 0.15) is 6.33 Å². The molecule has 90 valence electrons. The molecule has 0 aliphatic heterocycles. The van der Waals surface area contributed by atoms with Crippen molar-refractivity contribution in [2.24, 2.45) is 0 Å². The lowest BCUT2D eigenvalue weighted by Gasteiger charge is -2.06. The highest BCUT2D eigenvalue weighted by atomic mass is 35.5. The highest BCUT2D eigenvalue weighted by Crippen LogP contribution is 2.26. The second kappa shape index (κ2) is 4.55. The van der Waals surface area contributed by atoms with E-state index in [1.54, 1.807) is 22.3 Å². The van der Waals surface area contributed by atoms with Gasteiger partial charge in [-0.05, 0) is 36.1 Å². The van der Waals surface area contributed by atoms with Crippen LogP contribution in [0, 0.1) is 6.92 Å². The average Bonchev–Trinajstić information content (AvgIpc) is 3.00. The molecule has 0 aliphatic carbocycles. The van der Waals surface area contributed by atoms with E-state index < -0.39 is 0 Å². The molecule has 0 atom stereocenters. The summed E-state index contributed by atoms with van der Waals surface area (Å²) in [5.74, 6) is 0.838. The van der Waals surface area contributed by atoms with E-state index in [0.717, 1.165) is 27.0 Å². The topological polar surface area (TPSA) is 30.7 Å². The molecule has 1 aromatic carbocycles. The third kappa shape index (κ3) is 1.94. The first kappa shape index (κ1) is 11.4. The van der Waals surface area contributed by atoms with Gasteiger partial charge in [0.25, 0.3) is 0 Å². The van der Waals surface area contributed by atoms with Gasteiger partial charge in [-0.3, -0.25) is 0 Å². The Labute approximate surface area is 114 Å². The van der Waals surface area contributed by atoms with E-state index in [2.05, 4.69) is 10.1 Å². The summed E-state index contributed by atoms with van der Waals surface area (Å²) in [7, 11) is 0. The number of aromatic nitrogens is 3. The Kier molecular flexibility index (Phi) is 2.89. The highest BCUT2D eigenvalue weighted by molar-refractivity contribution is 7.13. The molecule has 0 fully saturated rings. The Morgan fingerprint density at radius 1 is 1.28 bits per heavy atom. The van der Waals surface area contributed by atoms with E-state index >= 15 is 0 Å². The van der Waals surface area contributed by atoms with Crippen LogP contribution in [0.25, 0.3) is 16.4 Å². The first-order valence-electron chi connectivity index (χ1n) is 5.46. The Balaban J connectivity index is 2.13. The number of halogens is 1. The van der Waals surface area contributed by atoms with E-state index in [9.17, 15) is 0 Å². The minimum absolute atomic E-state index is 0.736. The van der Waals surface area contributed by atoms with Crippen LogP contribution in [0.1, 0.15) is 5.56 Å². The molecular weight excluding hydrogens is 266 g/mol. The Morgan fingerprint density at radius 2 is 2.17 bits per heavy atom. The summed E-state index contributed by atoms with van der Waals surface area (Å²) in [6, 6.07) is 9.91. The Hall–Kier alpha value is -1.65. The fourth-order valence-electron chi connectivity index (χ4n) is 1.72. The van der Waals surface area contributed by atoms with Gasteiger partial charge in [-0.15, -0.1) is 11.3 Å². The SMILES string of the molecule is Cc1ccc(-n2ncnc2-c2cccs2)cc1Cl. The molecule has 0 unspecified atom stereocenters. The first-order valence-corrected chi connectivity index (χ1v) is 6.72. The molecule has 0 bridgehead atoms. The van der Waals surface area contributed by atoms with E-state index in [1.807, 2.05) is 42.6 Å². The zero-order valence-corrected chi connectivity index (χ0v) is 11.2. The third-order valence-electron chi connectivity index (χ3n) is 2.69. The Bertz CT molecular complexity index is 673. The largest absolute Gasteiger partial charge is 0.214 e. The Morgan fingerprint density at radius 3 is 2.89 bits per heavy atom. The molecule has 3 rings (SSSR count). The predicted molar refractivity (Wildman–Crippen MR) is 74.4 cm³/mol. The molecule has 0 radical (unpaired) electrons. The lowest BCUT2D eigenvalue weighted by Crippen LogP contribution is -1.98. The van der Waals surface area contributed by atoms with Gasteiger partial charge in [0.05, 0.1) is 10.6 Å². The minimum Gasteiger partial charge on any atom is -0.214 e. The number of aryl methyl sites for hydroxylation is 1. The number of rotatable bonds is 2. The number of hydrogen-bond donors (Lipinski definition) is 0. The molecule has 18 heavy (non-hydrogen) atoms. The fourth-order valence-corrected chi connectivity index (χ4v) is 2.60. The summed E-state index contributed by atoms with van der Waals surface area (Å²) in [6.45, 7) is 1.98. The lowest BCUT2D eigenvalue weighted by atomic mass is 10.2. The molecule has 0 amide bonds. The van der Waals surface area contributed by atoms with Gasteiger partial charge in [0.15, 0.2) is 5.82 Å². The summed E-state index contributed by atoms with van der Waals surface area (Å²) in [4.78, 5) is 5.39. The molecule has 0 saturated carbocycles. The molecule has 2 aromatic heterocycles. The van der Waals surface area contributed by atoms with E-state index in [4.69, 9.17) is 11.6 Å².